The van der Waals surface area contributed by atoms with Gasteiger partial charge in [-0.1, -0.05) is 18.2 Å². The minimum atomic E-state index is -0.0136. The van der Waals surface area contributed by atoms with Crippen LogP contribution in [-0.2, 0) is 0 Å². The Kier molecular flexibility index (Phi) is 2.13. The van der Waals surface area contributed by atoms with E-state index in [4.69, 9.17) is 0 Å². The Labute approximate surface area is 78.1 Å². The second kappa shape index (κ2) is 3.44. The average Bonchev–Trinajstić information content (AvgIpc) is 2.20. The van der Waals surface area contributed by atoms with Gasteiger partial charge in [0.15, 0.2) is 0 Å². The normalized spacial score (nSPS) is 15.5. The zero-order valence-corrected chi connectivity index (χ0v) is 7.29. The minimum Gasteiger partial charge on any atom is -0.329 e. The maximum Gasteiger partial charge on any atom is 0.255 e. The Morgan fingerprint density at radius 1 is 1.38 bits per heavy atom. The van der Waals surface area contributed by atoms with Crippen molar-refractivity contribution in [3.63, 3.8) is 0 Å². The van der Waals surface area contributed by atoms with Crippen LogP contribution < -0.4 is 5.56 Å². The van der Waals surface area contributed by atoms with E-state index in [0.717, 1.165) is 24.0 Å². The molecule has 0 aromatic carbocycles. The molecule has 0 saturated heterocycles. The molecule has 0 saturated carbocycles. The standard InChI is InChI=1S/C11H11NO.H2/c13-11-10(7-4-8-12-11)9-5-2-1-3-6-9;/h2,4-8H,1,3H2,(H,12,13);1H. The number of pyridine rings is 1. The van der Waals surface area contributed by atoms with Crippen LogP contribution in [0.25, 0.3) is 5.57 Å². The Bertz CT molecular complexity index is 417. The summed E-state index contributed by atoms with van der Waals surface area (Å²) in [6, 6.07) is 3.69. The zero-order chi connectivity index (χ0) is 9.10. The first kappa shape index (κ1) is 8.05. The number of aromatic nitrogens is 1. The molecule has 1 aromatic rings. The fourth-order valence-corrected chi connectivity index (χ4v) is 1.46. The van der Waals surface area contributed by atoms with E-state index < -0.39 is 0 Å². The van der Waals surface area contributed by atoms with Gasteiger partial charge in [0.05, 0.1) is 0 Å². The molecule has 13 heavy (non-hydrogen) atoms. The van der Waals surface area contributed by atoms with Crippen LogP contribution in [0, 0.1) is 0 Å². The van der Waals surface area contributed by atoms with Crippen LogP contribution in [0.1, 0.15) is 19.8 Å². The molecule has 1 heterocycles. The van der Waals surface area contributed by atoms with Crippen LogP contribution >= 0.6 is 0 Å². The maximum absolute atomic E-state index is 11.4. The number of nitrogens with one attached hydrogen (secondary N) is 1. The van der Waals surface area contributed by atoms with E-state index in [1.54, 1.807) is 6.20 Å². The Balaban J connectivity index is 0.000000980. The van der Waals surface area contributed by atoms with Crippen molar-refractivity contribution in [2.24, 2.45) is 0 Å². The van der Waals surface area contributed by atoms with Crippen LogP contribution in [-0.4, -0.2) is 4.98 Å². The first-order valence-electron chi connectivity index (χ1n) is 4.43. The predicted octanol–water partition coefficient (Wildman–Crippen LogP) is 2.35. The van der Waals surface area contributed by atoms with Crippen molar-refractivity contribution in [1.29, 1.82) is 0 Å². The summed E-state index contributed by atoms with van der Waals surface area (Å²) < 4.78 is 0. The number of aromatic amines is 1. The van der Waals surface area contributed by atoms with Gasteiger partial charge in [0, 0.05) is 13.2 Å². The Hall–Kier alpha value is -1.57. The van der Waals surface area contributed by atoms with Gasteiger partial charge in [-0.2, -0.15) is 0 Å². The lowest BCUT2D eigenvalue weighted by Gasteiger charge is -2.04. The lowest BCUT2D eigenvalue weighted by atomic mass is 10.0. The molecule has 1 N–H and O–H groups in total. The van der Waals surface area contributed by atoms with Gasteiger partial charge in [0.1, 0.15) is 0 Å². The van der Waals surface area contributed by atoms with Gasteiger partial charge in [-0.05, 0) is 30.5 Å². The summed E-state index contributed by atoms with van der Waals surface area (Å²) >= 11 is 0. The molecule has 1 aromatic heterocycles. The lowest BCUT2D eigenvalue weighted by Crippen LogP contribution is -2.10. The largest absolute Gasteiger partial charge is 0.329 e. The molecule has 0 atom stereocenters. The van der Waals surface area contributed by atoms with E-state index in [1.807, 2.05) is 18.2 Å². The van der Waals surface area contributed by atoms with E-state index in [0.29, 0.717) is 0 Å². The molecule has 0 radical (unpaired) electrons. The first-order chi connectivity index (χ1) is 6.38. The lowest BCUT2D eigenvalue weighted by molar-refractivity contribution is 1.04. The number of allylic oxidation sites excluding steroid dienone is 4. The van der Waals surface area contributed by atoms with Gasteiger partial charge >= 0.3 is 0 Å². The van der Waals surface area contributed by atoms with Gasteiger partial charge < -0.3 is 4.98 Å². The molecular formula is C11H13NO. The molecule has 0 aliphatic heterocycles. The molecule has 1 aliphatic carbocycles. The average molecular weight is 175 g/mol. The van der Waals surface area contributed by atoms with Crippen molar-refractivity contribution in [3.05, 3.63) is 52.5 Å². The molecule has 0 bridgehead atoms. The molecule has 68 valence electrons. The van der Waals surface area contributed by atoms with Crippen LogP contribution in [0.4, 0.5) is 0 Å². The van der Waals surface area contributed by atoms with E-state index in [-0.39, 0.29) is 6.99 Å². The highest BCUT2D eigenvalue weighted by atomic mass is 16.1. The summed E-state index contributed by atoms with van der Waals surface area (Å²) in [5.41, 5.74) is 1.78. The number of hydrogen-bond acceptors (Lipinski definition) is 1. The molecule has 0 fully saturated rings. The number of hydrogen-bond donors (Lipinski definition) is 1. The van der Waals surface area contributed by atoms with Crippen molar-refractivity contribution < 1.29 is 1.43 Å². The van der Waals surface area contributed by atoms with Crippen molar-refractivity contribution >= 4 is 5.57 Å². The van der Waals surface area contributed by atoms with Gasteiger partial charge in [-0.3, -0.25) is 4.79 Å². The van der Waals surface area contributed by atoms with Crippen LogP contribution in [0.15, 0.2) is 41.4 Å². The molecule has 1 aliphatic rings. The van der Waals surface area contributed by atoms with Crippen LogP contribution in [0.5, 0.6) is 0 Å². The van der Waals surface area contributed by atoms with Crippen molar-refractivity contribution in [1.82, 2.24) is 4.98 Å². The third kappa shape index (κ3) is 1.61. The van der Waals surface area contributed by atoms with E-state index in [1.165, 1.54) is 0 Å². The number of rotatable bonds is 1. The first-order valence-corrected chi connectivity index (χ1v) is 4.43. The minimum absolute atomic E-state index is 0. The van der Waals surface area contributed by atoms with Crippen molar-refractivity contribution in [2.75, 3.05) is 0 Å². The molecule has 0 unspecified atom stereocenters. The van der Waals surface area contributed by atoms with Gasteiger partial charge in [0.2, 0.25) is 0 Å². The van der Waals surface area contributed by atoms with Gasteiger partial charge in [-0.25, -0.2) is 0 Å². The Morgan fingerprint density at radius 2 is 2.31 bits per heavy atom. The summed E-state index contributed by atoms with van der Waals surface area (Å²) in [4.78, 5) is 14.1. The highest BCUT2D eigenvalue weighted by molar-refractivity contribution is 5.74. The second-order valence-corrected chi connectivity index (χ2v) is 3.05. The summed E-state index contributed by atoms with van der Waals surface area (Å²) in [7, 11) is 0. The molecule has 2 rings (SSSR count). The van der Waals surface area contributed by atoms with Crippen molar-refractivity contribution in [2.45, 2.75) is 12.8 Å². The van der Waals surface area contributed by atoms with Crippen LogP contribution in [0.3, 0.4) is 0 Å². The highest BCUT2D eigenvalue weighted by Crippen LogP contribution is 2.17. The fraction of sp³-hybridized carbons (Fsp3) is 0.182. The van der Waals surface area contributed by atoms with Crippen molar-refractivity contribution in [3.8, 4) is 0 Å². The quantitative estimate of drug-likeness (QED) is 0.698. The Morgan fingerprint density at radius 3 is 3.00 bits per heavy atom. The van der Waals surface area contributed by atoms with Gasteiger partial charge in [-0.15, -0.1) is 0 Å². The van der Waals surface area contributed by atoms with Crippen LogP contribution in [0.2, 0.25) is 0 Å². The molecule has 2 heteroatoms. The molecular weight excluding hydrogens is 162 g/mol. The second-order valence-electron chi connectivity index (χ2n) is 3.05. The molecule has 0 amide bonds. The summed E-state index contributed by atoms with van der Waals surface area (Å²) in [6.45, 7) is 0. The maximum atomic E-state index is 11.4. The third-order valence-electron chi connectivity index (χ3n) is 2.12. The van der Waals surface area contributed by atoms with E-state index in [2.05, 4.69) is 17.1 Å². The van der Waals surface area contributed by atoms with E-state index >= 15 is 0 Å². The number of H-pyrrole nitrogens is 1. The summed E-state index contributed by atoms with van der Waals surface area (Å²) in [5, 5.41) is 0. The van der Waals surface area contributed by atoms with E-state index in [9.17, 15) is 4.79 Å². The topological polar surface area (TPSA) is 32.9 Å². The zero-order valence-electron chi connectivity index (χ0n) is 7.29. The SMILES string of the molecule is O=c1[nH]cccc1C1=CCCC=C1.[HH]. The molecule has 0 spiro atoms. The fourth-order valence-electron chi connectivity index (χ4n) is 1.46. The summed E-state index contributed by atoms with van der Waals surface area (Å²) in [5.74, 6) is 0. The monoisotopic (exact) mass is 175 g/mol. The van der Waals surface area contributed by atoms with Gasteiger partial charge in [0.25, 0.3) is 5.56 Å². The smallest absolute Gasteiger partial charge is 0.255 e. The molecule has 2 nitrogen and oxygen atoms in total. The third-order valence-corrected chi connectivity index (χ3v) is 2.12. The summed E-state index contributed by atoms with van der Waals surface area (Å²) in [6.07, 6.45) is 9.97. The highest BCUT2D eigenvalue weighted by Gasteiger charge is 2.03. The predicted molar refractivity (Wildman–Crippen MR) is 55.5 cm³/mol.